The van der Waals surface area contributed by atoms with Crippen LogP contribution in [-0.2, 0) is 14.4 Å². The van der Waals surface area contributed by atoms with Crippen LogP contribution in [0.25, 0.3) is 0 Å². The molecule has 12 heavy (non-hydrogen) atoms. The lowest BCUT2D eigenvalue weighted by molar-refractivity contribution is -0.184. The summed E-state index contributed by atoms with van der Waals surface area (Å²) in [7, 11) is 0. The molecule has 0 saturated carbocycles. The number of hydroxylamine groups is 2. The lowest BCUT2D eigenvalue weighted by Gasteiger charge is -2.13. The van der Waals surface area contributed by atoms with E-state index in [1.54, 1.807) is 0 Å². The highest BCUT2D eigenvalue weighted by Crippen LogP contribution is 1.97. The first-order valence-electron chi connectivity index (χ1n) is 3.37. The number of carbonyl (C=O) groups is 2. The van der Waals surface area contributed by atoms with Crippen molar-refractivity contribution in [1.82, 2.24) is 5.06 Å². The van der Waals surface area contributed by atoms with Crippen molar-refractivity contribution in [2.45, 2.75) is 6.92 Å². The molecule has 0 fully saturated rings. The van der Waals surface area contributed by atoms with E-state index in [2.05, 4.69) is 9.83 Å². The van der Waals surface area contributed by atoms with Crippen LogP contribution in [0.3, 0.4) is 0 Å². The van der Waals surface area contributed by atoms with Gasteiger partial charge in [-0.25, -0.2) is 4.79 Å². The Kier molecular flexibility index (Phi) is 2.57. The maximum Gasteiger partial charge on any atom is 0.329 e. The van der Waals surface area contributed by atoms with Gasteiger partial charge in [0.2, 0.25) is 0 Å². The molecule has 0 bridgehead atoms. The largest absolute Gasteiger partial charge is 0.334 e. The Balaban J connectivity index is 2.63. The number of carbonyl (C=O) groups excluding carboxylic acids is 2. The fourth-order valence-electron chi connectivity index (χ4n) is 0.681. The Labute approximate surface area is 69.3 Å². The summed E-state index contributed by atoms with van der Waals surface area (Å²) in [5, 5.41) is 0.870. The minimum atomic E-state index is -0.532. The third-order valence-corrected chi connectivity index (χ3v) is 1.11. The molecule has 1 heterocycles. The maximum absolute atomic E-state index is 11.0. The lowest BCUT2D eigenvalue weighted by Crippen LogP contribution is -2.29. The van der Waals surface area contributed by atoms with E-state index in [9.17, 15) is 9.59 Å². The van der Waals surface area contributed by atoms with Crippen molar-refractivity contribution < 1.29 is 14.4 Å². The van der Waals surface area contributed by atoms with Gasteiger partial charge >= 0.3 is 5.97 Å². The summed E-state index contributed by atoms with van der Waals surface area (Å²) in [5.41, 5.74) is 0. The highest BCUT2D eigenvalue weighted by Gasteiger charge is 2.13. The van der Waals surface area contributed by atoms with Crippen LogP contribution in [0.2, 0.25) is 0 Å². The number of aliphatic imine (C=N–C) groups is 1. The van der Waals surface area contributed by atoms with E-state index in [-0.39, 0.29) is 12.5 Å². The Morgan fingerprint density at radius 3 is 3.17 bits per heavy atom. The third-order valence-electron chi connectivity index (χ3n) is 1.11. The number of nitrogens with zero attached hydrogens (tertiary/aromatic N) is 2. The van der Waals surface area contributed by atoms with Gasteiger partial charge < -0.3 is 4.84 Å². The SMILES string of the molecule is CC(=O)ON1C=CC=NCC1=O. The van der Waals surface area contributed by atoms with Crippen molar-refractivity contribution in [1.29, 1.82) is 0 Å². The molecule has 0 N–H and O–H groups in total. The van der Waals surface area contributed by atoms with Gasteiger partial charge in [-0.3, -0.25) is 9.79 Å². The van der Waals surface area contributed by atoms with Crippen LogP contribution < -0.4 is 0 Å². The normalized spacial score (nSPS) is 16.1. The first kappa shape index (κ1) is 8.45. The minimum absolute atomic E-state index is 0.000278. The molecular weight excluding hydrogens is 160 g/mol. The molecule has 5 heteroatoms. The molecule has 1 amide bonds. The summed E-state index contributed by atoms with van der Waals surface area (Å²) in [5.74, 6) is -0.898. The number of hydrogen-bond acceptors (Lipinski definition) is 4. The average molecular weight is 168 g/mol. The van der Waals surface area contributed by atoms with E-state index < -0.39 is 5.97 Å². The molecule has 0 unspecified atom stereocenters. The monoisotopic (exact) mass is 168 g/mol. The standard InChI is InChI=1S/C7H8N2O3/c1-6(10)12-9-4-2-3-8-5-7(9)11/h2-4H,5H2,1H3. The number of rotatable bonds is 1. The summed E-state index contributed by atoms with van der Waals surface area (Å²) < 4.78 is 0. The zero-order valence-electron chi connectivity index (χ0n) is 6.56. The van der Waals surface area contributed by atoms with Gasteiger partial charge in [-0.1, -0.05) is 0 Å². The summed E-state index contributed by atoms with van der Waals surface area (Å²) in [6, 6.07) is 0. The molecule has 0 aliphatic carbocycles. The summed E-state index contributed by atoms with van der Waals surface area (Å²) in [4.78, 5) is 29.8. The van der Waals surface area contributed by atoms with Crippen LogP contribution >= 0.6 is 0 Å². The van der Waals surface area contributed by atoms with Crippen LogP contribution in [-0.4, -0.2) is 29.7 Å². The van der Waals surface area contributed by atoms with Crippen molar-refractivity contribution in [3.05, 3.63) is 12.3 Å². The molecule has 0 spiro atoms. The zero-order chi connectivity index (χ0) is 8.97. The van der Waals surface area contributed by atoms with E-state index >= 15 is 0 Å². The lowest BCUT2D eigenvalue weighted by atomic mass is 10.6. The van der Waals surface area contributed by atoms with Crippen molar-refractivity contribution >= 4 is 18.1 Å². The predicted octanol–water partition coefficient (Wildman–Crippen LogP) is -0.109. The molecule has 0 aromatic heterocycles. The second-order valence-electron chi connectivity index (χ2n) is 2.13. The van der Waals surface area contributed by atoms with E-state index in [0.29, 0.717) is 0 Å². The Hall–Kier alpha value is -1.65. The molecule has 64 valence electrons. The quantitative estimate of drug-likeness (QED) is 0.549. The van der Waals surface area contributed by atoms with Crippen LogP contribution in [0.5, 0.6) is 0 Å². The molecule has 1 aliphatic heterocycles. The summed E-state index contributed by atoms with van der Waals surface area (Å²) in [6.07, 6.45) is 4.34. The number of allylic oxidation sites excluding steroid dienone is 1. The van der Waals surface area contributed by atoms with Crippen molar-refractivity contribution in [2.75, 3.05) is 6.54 Å². The van der Waals surface area contributed by atoms with Gasteiger partial charge in [0.25, 0.3) is 5.91 Å². The van der Waals surface area contributed by atoms with Gasteiger partial charge in [-0.15, -0.1) is 5.06 Å². The van der Waals surface area contributed by atoms with Crippen molar-refractivity contribution in [2.24, 2.45) is 4.99 Å². The third kappa shape index (κ3) is 2.19. The Morgan fingerprint density at radius 2 is 2.50 bits per heavy atom. The maximum atomic E-state index is 11.0. The first-order chi connectivity index (χ1) is 5.70. The van der Waals surface area contributed by atoms with E-state index in [4.69, 9.17) is 0 Å². The summed E-state index contributed by atoms with van der Waals surface area (Å²) >= 11 is 0. The molecule has 1 rings (SSSR count). The van der Waals surface area contributed by atoms with Crippen molar-refractivity contribution in [3.8, 4) is 0 Å². The van der Waals surface area contributed by atoms with Gasteiger partial charge in [0.15, 0.2) is 0 Å². The molecule has 0 aromatic carbocycles. The van der Waals surface area contributed by atoms with E-state index in [0.717, 1.165) is 5.06 Å². The fourth-order valence-corrected chi connectivity index (χ4v) is 0.681. The molecule has 1 aliphatic rings. The number of amides is 1. The average Bonchev–Trinajstić information content (AvgIpc) is 2.16. The summed E-state index contributed by atoms with van der Waals surface area (Å²) in [6.45, 7) is 1.23. The Morgan fingerprint density at radius 1 is 1.75 bits per heavy atom. The van der Waals surface area contributed by atoms with Gasteiger partial charge in [0.05, 0.1) is 0 Å². The molecule has 0 radical (unpaired) electrons. The zero-order valence-corrected chi connectivity index (χ0v) is 6.56. The second kappa shape index (κ2) is 3.66. The van der Waals surface area contributed by atoms with Gasteiger partial charge in [-0.2, -0.15) is 0 Å². The van der Waals surface area contributed by atoms with Gasteiger partial charge in [-0.05, 0) is 6.08 Å². The van der Waals surface area contributed by atoms with Crippen LogP contribution in [0.15, 0.2) is 17.3 Å². The fraction of sp³-hybridized carbons (Fsp3) is 0.286. The highest BCUT2D eigenvalue weighted by atomic mass is 16.7. The highest BCUT2D eigenvalue weighted by molar-refractivity contribution is 5.85. The van der Waals surface area contributed by atoms with Crippen LogP contribution in [0, 0.1) is 0 Å². The van der Waals surface area contributed by atoms with Crippen molar-refractivity contribution in [3.63, 3.8) is 0 Å². The number of hydrogen-bond donors (Lipinski definition) is 0. The topological polar surface area (TPSA) is 59.0 Å². The van der Waals surface area contributed by atoms with Crippen LogP contribution in [0.1, 0.15) is 6.92 Å². The first-order valence-corrected chi connectivity index (χ1v) is 3.37. The minimum Gasteiger partial charge on any atom is -0.334 e. The van der Waals surface area contributed by atoms with E-state index in [1.807, 2.05) is 0 Å². The molecule has 0 aromatic rings. The molecule has 0 saturated heterocycles. The Bertz CT molecular complexity index is 257. The predicted molar refractivity (Wildman–Crippen MR) is 41.1 cm³/mol. The smallest absolute Gasteiger partial charge is 0.329 e. The molecular formula is C7H8N2O3. The van der Waals surface area contributed by atoms with E-state index in [1.165, 1.54) is 25.4 Å². The van der Waals surface area contributed by atoms with Crippen LogP contribution in [0.4, 0.5) is 0 Å². The van der Waals surface area contributed by atoms with Gasteiger partial charge in [0, 0.05) is 19.3 Å². The second-order valence-corrected chi connectivity index (χ2v) is 2.13. The molecule has 5 nitrogen and oxygen atoms in total. The van der Waals surface area contributed by atoms with Gasteiger partial charge in [0.1, 0.15) is 6.54 Å². The molecule has 0 atom stereocenters.